The molecular formula is C33H60BiO6. The molecule has 0 aromatic carbocycles. The number of hydrogen-bond donors (Lipinski definition) is 3. The van der Waals surface area contributed by atoms with Gasteiger partial charge < -0.3 is 15.3 Å². The van der Waals surface area contributed by atoms with Crippen LogP contribution in [0.25, 0.3) is 0 Å². The van der Waals surface area contributed by atoms with Crippen molar-refractivity contribution in [1.29, 1.82) is 0 Å². The summed E-state index contributed by atoms with van der Waals surface area (Å²) in [7, 11) is 0. The zero-order chi connectivity index (χ0) is 32.6. The number of ketones is 3. The van der Waals surface area contributed by atoms with E-state index in [1.54, 1.807) is 0 Å². The van der Waals surface area contributed by atoms with Crippen LogP contribution in [0.15, 0.2) is 35.5 Å². The van der Waals surface area contributed by atoms with Crippen molar-refractivity contribution in [2.75, 3.05) is 0 Å². The van der Waals surface area contributed by atoms with E-state index in [4.69, 9.17) is 0 Å². The summed E-state index contributed by atoms with van der Waals surface area (Å²) >= 11 is 0. The second-order valence-electron chi connectivity index (χ2n) is 16.2. The molecule has 0 unspecified atom stereocenters. The Labute approximate surface area is 264 Å². The molecule has 0 atom stereocenters. The average molecular weight is 762 g/mol. The Morgan fingerprint density at radius 2 is 0.475 bits per heavy atom. The summed E-state index contributed by atoms with van der Waals surface area (Å²) in [5.74, 6) is 0.312. The monoisotopic (exact) mass is 761 g/mol. The number of aliphatic hydroxyl groups is 3. The van der Waals surface area contributed by atoms with Crippen molar-refractivity contribution < 1.29 is 29.7 Å². The molecule has 0 spiro atoms. The third kappa shape index (κ3) is 21.3. The van der Waals surface area contributed by atoms with Gasteiger partial charge in [-0.25, -0.2) is 0 Å². The van der Waals surface area contributed by atoms with E-state index >= 15 is 0 Å². The number of allylic oxidation sites excluding steroid dienone is 6. The minimum Gasteiger partial charge on any atom is -0.512 e. The number of carbonyl (C=O) groups is 3. The van der Waals surface area contributed by atoms with Gasteiger partial charge >= 0.3 is 0 Å². The first-order valence-electron chi connectivity index (χ1n) is 13.5. The molecule has 0 amide bonds. The molecule has 0 heterocycles. The standard InChI is InChI=1S/3C11H20O2.Bi/c3*1-10(2,3)8(12)7-9(13)11(4,5)6;/h3*7,12H,1-6H3;/b3*8-7-;. The summed E-state index contributed by atoms with van der Waals surface area (Å²) in [6, 6.07) is 0. The van der Waals surface area contributed by atoms with Crippen LogP contribution in [-0.4, -0.2) is 58.9 Å². The van der Waals surface area contributed by atoms with Gasteiger partial charge in [0.25, 0.3) is 0 Å². The minimum absolute atomic E-state index is 0. The van der Waals surface area contributed by atoms with Gasteiger partial charge in [-0.3, -0.25) is 14.4 Å². The molecule has 0 fully saturated rings. The summed E-state index contributed by atoms with van der Waals surface area (Å²) in [5, 5.41) is 28.7. The Hall–Kier alpha value is -1.49. The van der Waals surface area contributed by atoms with E-state index in [-0.39, 0.29) is 77.1 Å². The Morgan fingerprint density at radius 1 is 0.350 bits per heavy atom. The first-order valence-corrected chi connectivity index (χ1v) is 13.5. The molecule has 0 saturated carbocycles. The normalized spacial score (nSPS) is 14.1. The molecule has 7 heteroatoms. The third-order valence-electron chi connectivity index (χ3n) is 5.33. The maximum Gasteiger partial charge on any atom is 0.164 e. The molecule has 233 valence electrons. The van der Waals surface area contributed by atoms with E-state index in [1.165, 1.54) is 18.2 Å². The summed E-state index contributed by atoms with van der Waals surface area (Å²) < 4.78 is 0. The van der Waals surface area contributed by atoms with Crippen LogP contribution in [0.5, 0.6) is 0 Å². The van der Waals surface area contributed by atoms with Crippen LogP contribution in [0.4, 0.5) is 0 Å². The maximum atomic E-state index is 11.5. The Bertz CT molecular complexity index is 801. The van der Waals surface area contributed by atoms with E-state index in [2.05, 4.69) is 0 Å². The van der Waals surface area contributed by atoms with Crippen LogP contribution in [0, 0.1) is 32.5 Å². The van der Waals surface area contributed by atoms with Gasteiger partial charge in [0.2, 0.25) is 0 Å². The van der Waals surface area contributed by atoms with E-state index < -0.39 is 16.2 Å². The van der Waals surface area contributed by atoms with E-state index in [0.717, 1.165) is 0 Å². The van der Waals surface area contributed by atoms with E-state index in [0.29, 0.717) is 0 Å². The van der Waals surface area contributed by atoms with Crippen molar-refractivity contribution in [2.24, 2.45) is 32.5 Å². The molecule has 3 radical (unpaired) electrons. The molecular weight excluding hydrogens is 701 g/mol. The first kappa shape index (κ1) is 45.5. The van der Waals surface area contributed by atoms with Crippen LogP contribution in [-0.2, 0) is 14.4 Å². The number of carbonyl (C=O) groups excluding carboxylic acids is 3. The first-order chi connectivity index (χ1) is 16.6. The van der Waals surface area contributed by atoms with Gasteiger partial charge in [-0.1, -0.05) is 125 Å². The molecule has 0 aromatic heterocycles. The van der Waals surface area contributed by atoms with Crippen LogP contribution in [0.2, 0.25) is 0 Å². The minimum atomic E-state index is -0.417. The largest absolute Gasteiger partial charge is 0.512 e. The average Bonchev–Trinajstić information content (AvgIpc) is 2.64. The molecule has 0 bridgehead atoms. The van der Waals surface area contributed by atoms with Crippen LogP contribution < -0.4 is 0 Å². The second-order valence-corrected chi connectivity index (χ2v) is 16.2. The smallest absolute Gasteiger partial charge is 0.164 e. The second kappa shape index (κ2) is 16.2. The molecule has 0 rings (SSSR count). The quantitative estimate of drug-likeness (QED) is 0.151. The molecule has 0 aliphatic heterocycles. The summed E-state index contributed by atoms with van der Waals surface area (Å²) in [4.78, 5) is 34.5. The Balaban J connectivity index is -0.000000240. The topological polar surface area (TPSA) is 112 Å². The molecule has 3 N–H and O–H groups in total. The molecule has 0 aliphatic rings. The van der Waals surface area contributed by atoms with Gasteiger partial charge in [-0.15, -0.1) is 0 Å². The van der Waals surface area contributed by atoms with E-state index in [1.807, 2.05) is 125 Å². The fraction of sp³-hybridized carbons (Fsp3) is 0.727. The van der Waals surface area contributed by atoms with Crippen LogP contribution in [0.3, 0.4) is 0 Å². The van der Waals surface area contributed by atoms with Crippen molar-refractivity contribution in [2.45, 2.75) is 125 Å². The van der Waals surface area contributed by atoms with Crippen molar-refractivity contribution in [3.05, 3.63) is 35.5 Å². The number of hydrogen-bond acceptors (Lipinski definition) is 6. The van der Waals surface area contributed by atoms with Crippen molar-refractivity contribution in [1.82, 2.24) is 0 Å². The van der Waals surface area contributed by atoms with E-state index in [9.17, 15) is 29.7 Å². The third-order valence-corrected chi connectivity index (χ3v) is 5.33. The van der Waals surface area contributed by atoms with Crippen molar-refractivity contribution >= 4 is 43.6 Å². The summed E-state index contributed by atoms with van der Waals surface area (Å²) in [5.41, 5.74) is -2.29. The van der Waals surface area contributed by atoms with Crippen LogP contribution in [0.1, 0.15) is 125 Å². The van der Waals surface area contributed by atoms with Gasteiger partial charge in [-0.05, 0) is 0 Å². The molecule has 6 nitrogen and oxygen atoms in total. The molecule has 0 aliphatic carbocycles. The number of aliphatic hydroxyl groups excluding tert-OH is 3. The predicted molar refractivity (Wildman–Crippen MR) is 170 cm³/mol. The fourth-order valence-electron chi connectivity index (χ4n) is 1.67. The zero-order valence-electron chi connectivity index (χ0n) is 28.7. The van der Waals surface area contributed by atoms with Crippen molar-refractivity contribution in [3.8, 4) is 0 Å². The Morgan fingerprint density at radius 3 is 0.550 bits per heavy atom. The predicted octanol–water partition coefficient (Wildman–Crippen LogP) is 8.89. The number of rotatable bonds is 3. The van der Waals surface area contributed by atoms with Gasteiger partial charge in [0, 0.05) is 76.9 Å². The van der Waals surface area contributed by atoms with Crippen LogP contribution >= 0.6 is 0 Å². The van der Waals surface area contributed by atoms with Gasteiger partial charge in [0.15, 0.2) is 17.3 Å². The fourth-order valence-corrected chi connectivity index (χ4v) is 1.67. The van der Waals surface area contributed by atoms with Gasteiger partial charge in [0.1, 0.15) is 17.3 Å². The zero-order valence-corrected chi connectivity index (χ0v) is 32.2. The molecule has 0 aromatic rings. The summed E-state index contributed by atoms with van der Waals surface area (Å²) in [6.07, 6.45) is 4.00. The maximum absolute atomic E-state index is 11.5. The van der Waals surface area contributed by atoms with Gasteiger partial charge in [0.05, 0.1) is 0 Å². The SMILES string of the molecule is CC(C)(C)C(=O)/C=C(\O)C(C)(C)C.CC(C)(C)C(=O)/C=C(\O)C(C)(C)C.CC(C)(C)C(=O)/C=C(\O)C(C)(C)C.[Bi]. The Kier molecular flexibility index (Phi) is 18.5. The summed E-state index contributed by atoms with van der Waals surface area (Å²) in [6.45, 7) is 33.3. The van der Waals surface area contributed by atoms with Crippen molar-refractivity contribution in [3.63, 3.8) is 0 Å². The molecule has 0 saturated heterocycles. The molecule has 40 heavy (non-hydrogen) atoms. The van der Waals surface area contributed by atoms with Gasteiger partial charge in [-0.2, -0.15) is 0 Å².